The molecule has 2 atom stereocenters. The van der Waals surface area contributed by atoms with E-state index in [0.29, 0.717) is 0 Å². The lowest BCUT2D eigenvalue weighted by Crippen LogP contribution is -2.48. The second-order valence-electron chi connectivity index (χ2n) is 9.06. The third-order valence-electron chi connectivity index (χ3n) is 5.68. The molecule has 0 bridgehead atoms. The minimum absolute atomic E-state index is 0.00258. The van der Waals surface area contributed by atoms with Crippen molar-refractivity contribution in [2.75, 3.05) is 19.5 Å². The van der Waals surface area contributed by atoms with Crippen LogP contribution in [0.5, 0.6) is 23.0 Å². The average Bonchev–Trinajstić information content (AvgIpc) is 2.97. The summed E-state index contributed by atoms with van der Waals surface area (Å²) in [5.74, 6) is -7.17. The Labute approximate surface area is 271 Å². The van der Waals surface area contributed by atoms with Crippen LogP contribution in [0.4, 0.5) is 5.69 Å². The van der Waals surface area contributed by atoms with Crippen LogP contribution in [-0.4, -0.2) is 67.3 Å². The van der Waals surface area contributed by atoms with Crippen LogP contribution < -0.4 is 24.3 Å². The molecule has 14 nitrogen and oxygen atoms in total. The first kappa shape index (κ1) is 35.1. The van der Waals surface area contributed by atoms with E-state index in [1.807, 2.05) is 0 Å². The third-order valence-corrected chi connectivity index (χ3v) is 6.12. The number of rotatable bonds is 12. The molecule has 0 radical (unpaired) electrons. The lowest BCUT2D eigenvalue weighted by Gasteiger charge is -2.24. The van der Waals surface area contributed by atoms with Gasteiger partial charge in [-0.1, -0.05) is 23.2 Å². The van der Waals surface area contributed by atoms with Gasteiger partial charge in [0.1, 0.15) is 0 Å². The highest BCUT2D eigenvalue weighted by Gasteiger charge is 2.41. The number of carbonyl (C=O) groups excluding carboxylic acids is 5. The number of aliphatic carboxylic acids is 1. The SMILES string of the molecule is COc1cc(C(=O)O[C@H](C(=O)O)[C@H](OC(=O)c2ccc(OC(C)=O)c(OC)c2)C(=O)Nc2cc(Cl)cc(Cl)c2)ccc1OC(C)=O. The molecule has 16 heteroatoms. The predicted molar refractivity (Wildman–Crippen MR) is 160 cm³/mol. The van der Waals surface area contributed by atoms with Gasteiger partial charge >= 0.3 is 29.8 Å². The summed E-state index contributed by atoms with van der Waals surface area (Å²) in [6, 6.07) is 10.9. The zero-order valence-electron chi connectivity index (χ0n) is 24.5. The maximum absolute atomic E-state index is 13.4. The number of halogens is 2. The normalized spacial score (nSPS) is 11.7. The molecule has 242 valence electrons. The van der Waals surface area contributed by atoms with E-state index < -0.39 is 48.0 Å². The maximum Gasteiger partial charge on any atom is 0.349 e. The van der Waals surface area contributed by atoms with Crippen LogP contribution in [-0.2, 0) is 28.7 Å². The van der Waals surface area contributed by atoms with Crippen molar-refractivity contribution < 1.29 is 62.3 Å². The molecule has 0 spiro atoms. The molecule has 0 aliphatic heterocycles. The van der Waals surface area contributed by atoms with E-state index in [1.165, 1.54) is 44.6 Å². The maximum atomic E-state index is 13.4. The van der Waals surface area contributed by atoms with Crippen LogP contribution in [0, 0.1) is 0 Å². The molecule has 1 amide bonds. The summed E-state index contributed by atoms with van der Waals surface area (Å²) in [5, 5.41) is 12.6. The highest BCUT2D eigenvalue weighted by molar-refractivity contribution is 6.35. The lowest BCUT2D eigenvalue weighted by molar-refractivity contribution is -0.157. The molecule has 0 fully saturated rings. The van der Waals surface area contributed by atoms with Crippen LogP contribution in [0.1, 0.15) is 34.6 Å². The Morgan fingerprint density at radius 1 is 0.652 bits per heavy atom. The number of nitrogens with one attached hydrogen (secondary N) is 1. The number of carboxylic acids is 1. The van der Waals surface area contributed by atoms with Gasteiger partial charge in [0.05, 0.1) is 25.3 Å². The summed E-state index contributed by atoms with van der Waals surface area (Å²) < 4.78 is 30.7. The molecule has 0 aliphatic rings. The largest absolute Gasteiger partial charge is 0.493 e. The first-order chi connectivity index (χ1) is 21.7. The lowest BCUT2D eigenvalue weighted by atomic mass is 10.1. The Morgan fingerprint density at radius 2 is 1.09 bits per heavy atom. The Balaban J connectivity index is 1.99. The van der Waals surface area contributed by atoms with Gasteiger partial charge < -0.3 is 38.8 Å². The van der Waals surface area contributed by atoms with Crippen molar-refractivity contribution in [3.05, 3.63) is 75.8 Å². The molecular weight excluding hydrogens is 653 g/mol. The molecule has 0 aliphatic carbocycles. The third kappa shape index (κ3) is 9.33. The Morgan fingerprint density at radius 3 is 1.48 bits per heavy atom. The zero-order chi connectivity index (χ0) is 34.1. The summed E-state index contributed by atoms with van der Waals surface area (Å²) in [6.45, 7) is 2.29. The number of carbonyl (C=O) groups is 6. The summed E-state index contributed by atoms with van der Waals surface area (Å²) in [4.78, 5) is 74.9. The van der Waals surface area contributed by atoms with E-state index >= 15 is 0 Å². The van der Waals surface area contributed by atoms with Crippen LogP contribution in [0.2, 0.25) is 10.0 Å². The Hall–Kier alpha value is -5.34. The van der Waals surface area contributed by atoms with Gasteiger partial charge in [0, 0.05) is 29.6 Å². The molecule has 3 rings (SSSR count). The summed E-state index contributed by atoms with van der Waals surface area (Å²) in [6.07, 6.45) is -4.71. The van der Waals surface area contributed by atoms with E-state index in [0.717, 1.165) is 38.1 Å². The first-order valence-corrected chi connectivity index (χ1v) is 13.6. The summed E-state index contributed by atoms with van der Waals surface area (Å²) in [7, 11) is 2.46. The van der Waals surface area contributed by atoms with Crippen molar-refractivity contribution in [1.82, 2.24) is 0 Å². The van der Waals surface area contributed by atoms with E-state index in [2.05, 4.69) is 5.32 Å². The number of ether oxygens (including phenoxy) is 6. The molecule has 46 heavy (non-hydrogen) atoms. The molecule has 0 aromatic heterocycles. The second kappa shape index (κ2) is 15.6. The van der Waals surface area contributed by atoms with E-state index in [-0.39, 0.29) is 49.9 Å². The van der Waals surface area contributed by atoms with Gasteiger partial charge in [0.15, 0.2) is 23.0 Å². The summed E-state index contributed by atoms with van der Waals surface area (Å²) in [5.41, 5.74) is -0.522. The van der Waals surface area contributed by atoms with Gasteiger partial charge in [-0.3, -0.25) is 14.4 Å². The smallest absolute Gasteiger partial charge is 0.349 e. The Bertz CT molecular complexity index is 1670. The van der Waals surface area contributed by atoms with Gasteiger partial charge in [0.2, 0.25) is 12.2 Å². The fourth-order valence-electron chi connectivity index (χ4n) is 3.77. The fourth-order valence-corrected chi connectivity index (χ4v) is 4.29. The number of anilines is 1. The number of methoxy groups -OCH3 is 2. The number of amides is 1. The van der Waals surface area contributed by atoms with Crippen molar-refractivity contribution in [3.8, 4) is 23.0 Å². The summed E-state index contributed by atoms with van der Waals surface area (Å²) >= 11 is 12.0. The molecule has 2 N–H and O–H groups in total. The Kier molecular flexibility index (Phi) is 11.9. The van der Waals surface area contributed by atoms with Crippen LogP contribution in [0.25, 0.3) is 0 Å². The number of carboxylic acid groups (broad SMARTS) is 1. The van der Waals surface area contributed by atoms with Crippen molar-refractivity contribution in [2.24, 2.45) is 0 Å². The van der Waals surface area contributed by atoms with Gasteiger partial charge in [-0.05, 0) is 54.6 Å². The minimum Gasteiger partial charge on any atom is -0.493 e. The quantitative estimate of drug-likeness (QED) is 0.204. The molecule has 3 aromatic rings. The highest BCUT2D eigenvalue weighted by atomic mass is 35.5. The fraction of sp³-hybridized carbons (Fsp3) is 0.200. The predicted octanol–water partition coefficient (Wildman–Crippen LogP) is 4.34. The standard InChI is InChI=1S/C30H25Cl2NO13/c1-14(34)43-21-7-5-16(9-23(21)41-3)29(39)45-25(27(36)33-20-12-18(31)11-19(32)13-20)26(28(37)38)46-30(40)17-6-8-22(44-15(2)35)24(10-17)42-4/h5-13,25-26H,1-4H3,(H,33,36)(H,37,38)/t25-,26-/m0/s1. The first-order valence-electron chi connectivity index (χ1n) is 12.9. The van der Waals surface area contributed by atoms with Crippen molar-refractivity contribution >= 4 is 64.6 Å². The van der Waals surface area contributed by atoms with Gasteiger partial charge in [0.25, 0.3) is 5.91 Å². The molecule has 0 saturated heterocycles. The van der Waals surface area contributed by atoms with E-state index in [1.54, 1.807) is 0 Å². The molecule has 0 unspecified atom stereocenters. The number of hydrogen-bond acceptors (Lipinski definition) is 12. The number of benzene rings is 3. The molecule has 0 heterocycles. The second-order valence-corrected chi connectivity index (χ2v) is 9.93. The molecule has 3 aromatic carbocycles. The molecular formula is C30H25Cl2NO13. The van der Waals surface area contributed by atoms with Gasteiger partial charge in [-0.25, -0.2) is 14.4 Å². The van der Waals surface area contributed by atoms with Crippen LogP contribution in [0.15, 0.2) is 54.6 Å². The van der Waals surface area contributed by atoms with Crippen LogP contribution in [0.3, 0.4) is 0 Å². The van der Waals surface area contributed by atoms with E-state index in [9.17, 15) is 33.9 Å². The minimum atomic E-state index is -2.41. The number of hydrogen-bond donors (Lipinski definition) is 2. The monoisotopic (exact) mass is 677 g/mol. The highest BCUT2D eigenvalue weighted by Crippen LogP contribution is 2.31. The zero-order valence-corrected chi connectivity index (χ0v) is 26.0. The molecule has 0 saturated carbocycles. The van der Waals surface area contributed by atoms with Gasteiger partial charge in [-0.15, -0.1) is 0 Å². The van der Waals surface area contributed by atoms with Crippen molar-refractivity contribution in [1.29, 1.82) is 0 Å². The van der Waals surface area contributed by atoms with Crippen molar-refractivity contribution in [3.63, 3.8) is 0 Å². The van der Waals surface area contributed by atoms with Gasteiger partial charge in [-0.2, -0.15) is 0 Å². The van der Waals surface area contributed by atoms with E-state index in [4.69, 9.17) is 51.6 Å². The van der Waals surface area contributed by atoms with Crippen molar-refractivity contribution in [2.45, 2.75) is 26.1 Å². The average molecular weight is 678 g/mol. The number of esters is 4. The van der Waals surface area contributed by atoms with Crippen LogP contribution >= 0.6 is 23.2 Å². The topological polar surface area (TPSA) is 190 Å².